The van der Waals surface area contributed by atoms with Gasteiger partial charge in [0.15, 0.2) is 5.13 Å². The summed E-state index contributed by atoms with van der Waals surface area (Å²) in [5.41, 5.74) is 1.95. The number of hydrogen-bond acceptors (Lipinski definition) is 4. The SMILES string of the molecule is O=C(Nc1ncc(C[NH+]2CCOCC2)s1)C(c1ccccc1)c1ccccc1. The molecule has 1 fully saturated rings. The van der Waals surface area contributed by atoms with Gasteiger partial charge in [0.2, 0.25) is 5.91 Å². The molecule has 2 N–H and O–H groups in total. The molecule has 0 saturated carbocycles. The van der Waals surface area contributed by atoms with E-state index >= 15 is 0 Å². The van der Waals surface area contributed by atoms with Gasteiger partial charge < -0.3 is 15.0 Å². The summed E-state index contributed by atoms with van der Waals surface area (Å²) in [7, 11) is 0. The van der Waals surface area contributed by atoms with Gasteiger partial charge in [-0.2, -0.15) is 0 Å². The fourth-order valence-corrected chi connectivity index (χ4v) is 4.38. The van der Waals surface area contributed by atoms with Crippen molar-refractivity contribution in [2.45, 2.75) is 12.5 Å². The van der Waals surface area contributed by atoms with Gasteiger partial charge in [-0.1, -0.05) is 72.0 Å². The molecule has 1 aliphatic rings. The average molecular weight is 395 g/mol. The predicted octanol–water partition coefficient (Wildman–Crippen LogP) is 2.33. The molecule has 1 saturated heterocycles. The first-order valence-corrected chi connectivity index (χ1v) is 10.4. The monoisotopic (exact) mass is 394 g/mol. The zero-order chi connectivity index (χ0) is 19.2. The lowest BCUT2D eigenvalue weighted by molar-refractivity contribution is -0.921. The first-order chi connectivity index (χ1) is 13.8. The van der Waals surface area contributed by atoms with Crippen molar-refractivity contribution in [2.24, 2.45) is 0 Å². The molecule has 0 atom stereocenters. The molecule has 0 radical (unpaired) electrons. The third kappa shape index (κ3) is 4.65. The van der Waals surface area contributed by atoms with Gasteiger partial charge in [-0.05, 0) is 11.1 Å². The number of thiazole rings is 1. The van der Waals surface area contributed by atoms with Crippen LogP contribution in [0.5, 0.6) is 0 Å². The Balaban J connectivity index is 1.49. The fourth-order valence-electron chi connectivity index (χ4n) is 3.49. The number of carbonyl (C=O) groups is 1. The van der Waals surface area contributed by atoms with E-state index in [1.807, 2.05) is 66.9 Å². The molecule has 28 heavy (non-hydrogen) atoms. The van der Waals surface area contributed by atoms with Crippen molar-refractivity contribution in [3.05, 3.63) is 82.9 Å². The van der Waals surface area contributed by atoms with Crippen molar-refractivity contribution >= 4 is 22.4 Å². The summed E-state index contributed by atoms with van der Waals surface area (Å²) >= 11 is 1.56. The van der Waals surface area contributed by atoms with Crippen LogP contribution in [-0.4, -0.2) is 37.2 Å². The highest BCUT2D eigenvalue weighted by Crippen LogP contribution is 2.27. The minimum absolute atomic E-state index is 0.0583. The van der Waals surface area contributed by atoms with E-state index in [-0.39, 0.29) is 11.8 Å². The Morgan fingerprint density at radius 1 is 1.04 bits per heavy atom. The Bertz CT molecular complexity index is 853. The van der Waals surface area contributed by atoms with E-state index in [1.54, 1.807) is 11.3 Å². The van der Waals surface area contributed by atoms with Gasteiger partial charge in [-0.25, -0.2) is 4.98 Å². The standard InChI is InChI=1S/C22H23N3O2S/c26-21(20(17-7-3-1-4-8-17)18-9-5-2-6-10-18)24-22-23-15-19(28-22)16-25-11-13-27-14-12-25/h1-10,15,20H,11-14,16H2,(H,23,24,26)/p+1. The van der Waals surface area contributed by atoms with Crippen LogP contribution < -0.4 is 10.2 Å². The van der Waals surface area contributed by atoms with E-state index in [1.165, 1.54) is 9.78 Å². The molecule has 3 aromatic rings. The average Bonchev–Trinajstić information content (AvgIpc) is 3.17. The van der Waals surface area contributed by atoms with E-state index in [0.717, 1.165) is 44.0 Å². The molecule has 6 heteroatoms. The minimum Gasteiger partial charge on any atom is -0.370 e. The molecule has 5 nitrogen and oxygen atoms in total. The lowest BCUT2D eigenvalue weighted by Crippen LogP contribution is -3.12. The number of ether oxygens (including phenoxy) is 1. The molecule has 2 heterocycles. The number of morpholine rings is 1. The Kier molecular flexibility index (Phi) is 6.11. The molecule has 1 aliphatic heterocycles. The molecule has 2 aromatic carbocycles. The van der Waals surface area contributed by atoms with Crippen LogP contribution in [0.25, 0.3) is 0 Å². The van der Waals surface area contributed by atoms with E-state index in [9.17, 15) is 4.79 Å². The molecule has 0 spiro atoms. The van der Waals surface area contributed by atoms with Crippen molar-refractivity contribution in [2.75, 3.05) is 31.6 Å². The molecular formula is C22H24N3O2S+. The second-order valence-corrected chi connectivity index (χ2v) is 8.03. The van der Waals surface area contributed by atoms with Gasteiger partial charge in [-0.3, -0.25) is 4.79 Å². The molecule has 4 rings (SSSR count). The van der Waals surface area contributed by atoms with Crippen LogP contribution >= 0.6 is 11.3 Å². The van der Waals surface area contributed by atoms with Crippen LogP contribution in [0.2, 0.25) is 0 Å². The van der Waals surface area contributed by atoms with Gasteiger partial charge in [0, 0.05) is 6.20 Å². The number of nitrogens with zero attached hydrogens (tertiary/aromatic N) is 1. The summed E-state index contributed by atoms with van der Waals surface area (Å²) in [4.78, 5) is 20.3. The lowest BCUT2D eigenvalue weighted by atomic mass is 9.90. The van der Waals surface area contributed by atoms with E-state index in [4.69, 9.17) is 4.74 Å². The fraction of sp³-hybridized carbons (Fsp3) is 0.273. The van der Waals surface area contributed by atoms with Crippen LogP contribution in [0.1, 0.15) is 21.9 Å². The number of benzene rings is 2. The zero-order valence-corrected chi connectivity index (χ0v) is 16.5. The second-order valence-electron chi connectivity index (χ2n) is 6.91. The van der Waals surface area contributed by atoms with Crippen LogP contribution in [0.4, 0.5) is 5.13 Å². The van der Waals surface area contributed by atoms with Crippen molar-refractivity contribution in [3.8, 4) is 0 Å². The summed E-state index contributed by atoms with van der Waals surface area (Å²) in [6.07, 6.45) is 1.88. The Labute approximate surface area is 169 Å². The number of hydrogen-bond donors (Lipinski definition) is 2. The Morgan fingerprint density at radius 3 is 2.25 bits per heavy atom. The summed E-state index contributed by atoms with van der Waals surface area (Å²) < 4.78 is 5.42. The maximum atomic E-state index is 13.1. The largest absolute Gasteiger partial charge is 0.370 e. The van der Waals surface area contributed by atoms with Crippen molar-refractivity contribution in [1.29, 1.82) is 0 Å². The number of amides is 1. The smallest absolute Gasteiger partial charge is 0.238 e. The quantitative estimate of drug-likeness (QED) is 0.675. The number of aromatic nitrogens is 1. The molecule has 0 aliphatic carbocycles. The molecule has 0 bridgehead atoms. The van der Waals surface area contributed by atoms with E-state index in [0.29, 0.717) is 5.13 Å². The number of anilines is 1. The zero-order valence-electron chi connectivity index (χ0n) is 15.6. The predicted molar refractivity (Wildman–Crippen MR) is 111 cm³/mol. The first-order valence-electron chi connectivity index (χ1n) is 9.56. The summed E-state index contributed by atoms with van der Waals surface area (Å²) in [5, 5.41) is 3.69. The topological polar surface area (TPSA) is 55.7 Å². The molecule has 1 aromatic heterocycles. The third-order valence-corrected chi connectivity index (χ3v) is 5.85. The highest BCUT2D eigenvalue weighted by Gasteiger charge is 2.24. The molecular weight excluding hydrogens is 370 g/mol. The number of rotatable bonds is 6. The van der Waals surface area contributed by atoms with Gasteiger partial charge in [0.05, 0.1) is 24.0 Å². The highest BCUT2D eigenvalue weighted by atomic mass is 32.1. The van der Waals surface area contributed by atoms with Crippen LogP contribution in [0.15, 0.2) is 66.9 Å². The lowest BCUT2D eigenvalue weighted by Gasteiger charge is -2.22. The van der Waals surface area contributed by atoms with Crippen LogP contribution in [0, 0.1) is 0 Å². The van der Waals surface area contributed by atoms with Gasteiger partial charge in [0.25, 0.3) is 0 Å². The minimum atomic E-state index is -0.361. The summed E-state index contributed by atoms with van der Waals surface area (Å²) in [6.45, 7) is 4.59. The molecule has 0 unspecified atom stereocenters. The van der Waals surface area contributed by atoms with Gasteiger partial charge in [0.1, 0.15) is 19.6 Å². The Morgan fingerprint density at radius 2 is 1.64 bits per heavy atom. The van der Waals surface area contributed by atoms with E-state index in [2.05, 4.69) is 10.3 Å². The van der Waals surface area contributed by atoms with Crippen LogP contribution in [-0.2, 0) is 16.1 Å². The number of nitrogens with one attached hydrogen (secondary N) is 2. The molecule has 144 valence electrons. The number of carbonyl (C=O) groups excluding carboxylic acids is 1. The molecule has 1 amide bonds. The van der Waals surface area contributed by atoms with E-state index < -0.39 is 0 Å². The first kappa shape index (κ1) is 18.8. The highest BCUT2D eigenvalue weighted by molar-refractivity contribution is 7.15. The maximum Gasteiger partial charge on any atom is 0.238 e. The Hall–Kier alpha value is -2.54. The second kappa shape index (κ2) is 9.10. The maximum absolute atomic E-state index is 13.1. The summed E-state index contributed by atoms with van der Waals surface area (Å²) in [5.74, 6) is -0.420. The van der Waals surface area contributed by atoms with Gasteiger partial charge >= 0.3 is 0 Å². The summed E-state index contributed by atoms with van der Waals surface area (Å²) in [6, 6.07) is 19.7. The van der Waals surface area contributed by atoms with Crippen molar-refractivity contribution < 1.29 is 14.4 Å². The van der Waals surface area contributed by atoms with Gasteiger partial charge in [-0.15, -0.1) is 0 Å². The van der Waals surface area contributed by atoms with Crippen molar-refractivity contribution in [1.82, 2.24) is 4.98 Å². The van der Waals surface area contributed by atoms with Crippen molar-refractivity contribution in [3.63, 3.8) is 0 Å². The third-order valence-electron chi connectivity index (χ3n) is 4.94. The number of quaternary nitrogens is 1. The van der Waals surface area contributed by atoms with Crippen LogP contribution in [0.3, 0.4) is 0 Å². The normalized spacial score (nSPS) is 14.9.